The van der Waals surface area contributed by atoms with Gasteiger partial charge in [-0.25, -0.2) is 4.39 Å². The molecule has 1 fully saturated rings. The summed E-state index contributed by atoms with van der Waals surface area (Å²) in [7, 11) is 0. The lowest BCUT2D eigenvalue weighted by Crippen LogP contribution is -2.49. The molecule has 1 aromatic carbocycles. The summed E-state index contributed by atoms with van der Waals surface area (Å²) >= 11 is 3.19. The standard InChI is InChI=1S/C18H19BrFN3O2/c19-15-3-4-17(16(20)10-15)25-13-18(24)23-8-6-22(7-9-23)12-14-2-1-5-21-11-14/h1-5,10-11H,6-9,12-13H2. The summed E-state index contributed by atoms with van der Waals surface area (Å²) in [4.78, 5) is 20.4. The van der Waals surface area contributed by atoms with E-state index in [1.54, 1.807) is 17.2 Å². The lowest BCUT2D eigenvalue weighted by Gasteiger charge is -2.34. The Morgan fingerprint density at radius 1 is 1.24 bits per heavy atom. The highest BCUT2D eigenvalue weighted by molar-refractivity contribution is 9.10. The number of nitrogens with zero attached hydrogens (tertiary/aromatic N) is 3. The topological polar surface area (TPSA) is 45.7 Å². The highest BCUT2D eigenvalue weighted by atomic mass is 79.9. The van der Waals surface area contributed by atoms with Gasteiger partial charge in [-0.15, -0.1) is 0 Å². The van der Waals surface area contributed by atoms with Crippen molar-refractivity contribution in [2.75, 3.05) is 32.8 Å². The zero-order chi connectivity index (χ0) is 17.6. The minimum absolute atomic E-state index is 0.0896. The third-order valence-electron chi connectivity index (χ3n) is 4.10. The summed E-state index contributed by atoms with van der Waals surface area (Å²) in [5.74, 6) is -0.515. The first-order valence-electron chi connectivity index (χ1n) is 8.09. The number of hydrogen-bond acceptors (Lipinski definition) is 4. The molecular formula is C18H19BrFN3O2. The van der Waals surface area contributed by atoms with E-state index in [4.69, 9.17) is 4.74 Å². The van der Waals surface area contributed by atoms with Crippen LogP contribution in [0.3, 0.4) is 0 Å². The van der Waals surface area contributed by atoms with Crippen molar-refractivity contribution in [2.45, 2.75) is 6.54 Å². The predicted octanol–water partition coefficient (Wildman–Crippen LogP) is 2.71. The van der Waals surface area contributed by atoms with Crippen molar-refractivity contribution in [1.82, 2.24) is 14.8 Å². The summed E-state index contributed by atoms with van der Waals surface area (Å²) in [6.45, 7) is 3.56. The summed E-state index contributed by atoms with van der Waals surface area (Å²) in [5, 5.41) is 0. The van der Waals surface area contributed by atoms with Crippen LogP contribution in [0.1, 0.15) is 5.56 Å². The number of rotatable bonds is 5. The molecule has 132 valence electrons. The van der Waals surface area contributed by atoms with Crippen LogP contribution in [-0.4, -0.2) is 53.5 Å². The van der Waals surface area contributed by atoms with Crippen LogP contribution in [0.2, 0.25) is 0 Å². The molecule has 3 rings (SSSR count). The number of amides is 1. The Balaban J connectivity index is 1.45. The van der Waals surface area contributed by atoms with Crippen molar-refractivity contribution < 1.29 is 13.9 Å². The number of ether oxygens (including phenoxy) is 1. The quantitative estimate of drug-likeness (QED) is 0.764. The van der Waals surface area contributed by atoms with Crippen molar-refractivity contribution in [3.05, 3.63) is 58.6 Å². The number of pyridine rings is 1. The molecule has 0 atom stereocenters. The van der Waals surface area contributed by atoms with E-state index in [1.165, 1.54) is 12.1 Å². The maximum absolute atomic E-state index is 13.7. The van der Waals surface area contributed by atoms with Crippen LogP contribution in [-0.2, 0) is 11.3 Å². The second-order valence-corrected chi connectivity index (χ2v) is 6.80. The van der Waals surface area contributed by atoms with E-state index in [9.17, 15) is 9.18 Å². The highest BCUT2D eigenvalue weighted by Gasteiger charge is 2.21. The molecule has 25 heavy (non-hydrogen) atoms. The Kier molecular flexibility index (Phi) is 5.99. The SMILES string of the molecule is O=C(COc1ccc(Br)cc1F)N1CCN(Cc2cccnc2)CC1. The Morgan fingerprint density at radius 2 is 2.04 bits per heavy atom. The number of hydrogen-bond donors (Lipinski definition) is 0. The van der Waals surface area contributed by atoms with E-state index in [0.717, 1.165) is 25.2 Å². The third kappa shape index (κ3) is 4.99. The Morgan fingerprint density at radius 3 is 2.72 bits per heavy atom. The molecule has 1 aliphatic heterocycles. The maximum atomic E-state index is 13.7. The highest BCUT2D eigenvalue weighted by Crippen LogP contribution is 2.21. The average molecular weight is 408 g/mol. The van der Waals surface area contributed by atoms with Gasteiger partial charge >= 0.3 is 0 Å². The average Bonchev–Trinajstić information content (AvgIpc) is 2.62. The Labute approximate surface area is 154 Å². The van der Waals surface area contributed by atoms with E-state index in [2.05, 4.69) is 25.8 Å². The van der Waals surface area contributed by atoms with Crippen molar-refractivity contribution in [2.24, 2.45) is 0 Å². The van der Waals surface area contributed by atoms with Gasteiger partial charge in [0, 0.05) is 49.6 Å². The molecule has 1 saturated heterocycles. The summed E-state index contributed by atoms with van der Waals surface area (Å²) in [6.07, 6.45) is 3.62. The molecule has 2 heterocycles. The maximum Gasteiger partial charge on any atom is 0.260 e. The molecule has 0 bridgehead atoms. The van der Waals surface area contributed by atoms with E-state index in [1.807, 2.05) is 18.3 Å². The molecule has 1 amide bonds. The Hall–Kier alpha value is -1.99. The molecular weight excluding hydrogens is 389 g/mol. The van der Waals surface area contributed by atoms with Gasteiger partial charge in [-0.1, -0.05) is 22.0 Å². The van der Waals surface area contributed by atoms with E-state index in [-0.39, 0.29) is 18.3 Å². The zero-order valence-corrected chi connectivity index (χ0v) is 15.3. The number of piperazine rings is 1. The second-order valence-electron chi connectivity index (χ2n) is 5.88. The van der Waals surface area contributed by atoms with Gasteiger partial charge in [-0.05, 0) is 29.8 Å². The minimum Gasteiger partial charge on any atom is -0.481 e. The van der Waals surface area contributed by atoms with Crippen LogP contribution in [0.25, 0.3) is 0 Å². The van der Waals surface area contributed by atoms with Gasteiger partial charge < -0.3 is 9.64 Å². The van der Waals surface area contributed by atoms with Gasteiger partial charge in [0.25, 0.3) is 5.91 Å². The van der Waals surface area contributed by atoms with Crippen molar-refractivity contribution >= 4 is 21.8 Å². The molecule has 2 aromatic rings. The molecule has 0 saturated carbocycles. The summed E-state index contributed by atoms with van der Waals surface area (Å²) in [5.41, 5.74) is 1.16. The van der Waals surface area contributed by atoms with Crippen LogP contribution in [0.4, 0.5) is 4.39 Å². The largest absolute Gasteiger partial charge is 0.481 e. The van der Waals surface area contributed by atoms with E-state index in [0.29, 0.717) is 17.6 Å². The minimum atomic E-state index is -0.483. The molecule has 0 aliphatic carbocycles. The van der Waals surface area contributed by atoms with Gasteiger partial charge in [0.05, 0.1) is 0 Å². The van der Waals surface area contributed by atoms with Crippen LogP contribution in [0, 0.1) is 5.82 Å². The first kappa shape index (κ1) is 17.8. The van der Waals surface area contributed by atoms with E-state index >= 15 is 0 Å². The van der Waals surface area contributed by atoms with Crippen molar-refractivity contribution in [3.8, 4) is 5.75 Å². The molecule has 0 spiro atoms. The van der Waals surface area contributed by atoms with Crippen molar-refractivity contribution in [1.29, 1.82) is 0 Å². The molecule has 0 N–H and O–H groups in total. The fraction of sp³-hybridized carbons (Fsp3) is 0.333. The molecule has 7 heteroatoms. The molecule has 1 aromatic heterocycles. The lowest BCUT2D eigenvalue weighted by molar-refractivity contribution is -0.135. The smallest absolute Gasteiger partial charge is 0.260 e. The molecule has 1 aliphatic rings. The lowest BCUT2D eigenvalue weighted by atomic mass is 10.2. The van der Waals surface area contributed by atoms with Crippen molar-refractivity contribution in [3.63, 3.8) is 0 Å². The molecule has 5 nitrogen and oxygen atoms in total. The summed E-state index contributed by atoms with van der Waals surface area (Å²) in [6, 6.07) is 8.48. The van der Waals surface area contributed by atoms with Crippen LogP contribution < -0.4 is 4.74 Å². The first-order chi connectivity index (χ1) is 12.1. The second kappa shape index (κ2) is 8.40. The zero-order valence-electron chi connectivity index (χ0n) is 13.7. The van der Waals surface area contributed by atoms with E-state index < -0.39 is 5.82 Å². The fourth-order valence-electron chi connectivity index (χ4n) is 2.73. The molecule has 0 radical (unpaired) electrons. The van der Waals surface area contributed by atoms with Gasteiger partial charge in [0.1, 0.15) is 0 Å². The number of halogens is 2. The number of carbonyl (C=O) groups excluding carboxylic acids is 1. The van der Waals surface area contributed by atoms with Gasteiger partial charge in [0.15, 0.2) is 18.2 Å². The monoisotopic (exact) mass is 407 g/mol. The first-order valence-corrected chi connectivity index (χ1v) is 8.88. The van der Waals surface area contributed by atoms with Gasteiger partial charge in [-0.3, -0.25) is 14.7 Å². The van der Waals surface area contributed by atoms with Crippen LogP contribution in [0.5, 0.6) is 5.75 Å². The number of aromatic nitrogens is 1. The van der Waals surface area contributed by atoms with Crippen LogP contribution >= 0.6 is 15.9 Å². The third-order valence-corrected chi connectivity index (χ3v) is 4.59. The number of benzene rings is 1. The Bertz CT molecular complexity index is 722. The fourth-order valence-corrected chi connectivity index (χ4v) is 3.06. The van der Waals surface area contributed by atoms with Crippen LogP contribution in [0.15, 0.2) is 47.2 Å². The summed E-state index contributed by atoms with van der Waals surface area (Å²) < 4.78 is 19.7. The predicted molar refractivity (Wildman–Crippen MR) is 95.7 cm³/mol. The normalized spacial score (nSPS) is 15.2. The van der Waals surface area contributed by atoms with Gasteiger partial charge in [0.2, 0.25) is 0 Å². The molecule has 0 unspecified atom stereocenters. The number of carbonyl (C=O) groups is 1. The van der Waals surface area contributed by atoms with Gasteiger partial charge in [-0.2, -0.15) is 0 Å².